The summed E-state index contributed by atoms with van der Waals surface area (Å²) in [7, 11) is 1.51. The summed E-state index contributed by atoms with van der Waals surface area (Å²) >= 11 is 0. The van der Waals surface area contributed by atoms with E-state index in [4.69, 9.17) is 5.73 Å². The van der Waals surface area contributed by atoms with E-state index in [1.165, 1.54) is 25.5 Å². The van der Waals surface area contributed by atoms with Gasteiger partial charge in [0.25, 0.3) is 0 Å². The van der Waals surface area contributed by atoms with E-state index in [-0.39, 0.29) is 5.56 Å². The number of nitrogens with zero attached hydrogens (tertiary/aromatic N) is 1. The molecule has 1 unspecified atom stereocenters. The lowest BCUT2D eigenvalue weighted by atomic mass is 9.96. The molecule has 1 aromatic carbocycles. The van der Waals surface area contributed by atoms with Crippen LogP contribution < -0.4 is 11.1 Å². The zero-order chi connectivity index (χ0) is 15.6. The van der Waals surface area contributed by atoms with E-state index in [2.05, 4.69) is 10.3 Å². The lowest BCUT2D eigenvalue weighted by Crippen LogP contribution is -2.21. The van der Waals surface area contributed by atoms with Gasteiger partial charge >= 0.3 is 6.18 Å². The molecule has 0 aliphatic heterocycles. The Morgan fingerprint density at radius 3 is 2.48 bits per heavy atom. The molecule has 0 spiro atoms. The van der Waals surface area contributed by atoms with E-state index in [0.29, 0.717) is 17.3 Å². The zero-order valence-corrected chi connectivity index (χ0v) is 11.1. The second-order valence-corrected chi connectivity index (χ2v) is 4.46. The first-order valence-corrected chi connectivity index (χ1v) is 6.08. The molecule has 0 fully saturated rings. The van der Waals surface area contributed by atoms with Crippen molar-refractivity contribution in [3.05, 3.63) is 59.2 Å². The number of nitrogens with two attached hydrogens (primary N) is 1. The number of hydrogen-bond acceptors (Lipinski definition) is 3. The summed E-state index contributed by atoms with van der Waals surface area (Å²) in [5.41, 5.74) is 5.47. The molecule has 0 amide bonds. The molecule has 1 atom stereocenters. The highest BCUT2D eigenvalue weighted by molar-refractivity contribution is 5.50. The summed E-state index contributed by atoms with van der Waals surface area (Å²) in [5, 5.41) is 2.77. The standard InChI is InChI=1S/C14H13F4N3/c1-20-13(10-7-21-5-4-12(10)19)9-6-8(14(16,17)18)2-3-11(9)15/h2-7,13,20H,1H3,(H2,19,21). The van der Waals surface area contributed by atoms with Gasteiger partial charge in [-0.25, -0.2) is 4.39 Å². The van der Waals surface area contributed by atoms with Gasteiger partial charge in [0.05, 0.1) is 11.6 Å². The Morgan fingerprint density at radius 1 is 1.19 bits per heavy atom. The van der Waals surface area contributed by atoms with Gasteiger partial charge in [0.1, 0.15) is 5.82 Å². The maximum absolute atomic E-state index is 13.9. The number of halogens is 4. The number of nitrogens with one attached hydrogen (secondary N) is 1. The molecule has 2 aromatic rings. The molecule has 21 heavy (non-hydrogen) atoms. The van der Waals surface area contributed by atoms with E-state index in [1.807, 2.05) is 0 Å². The Bertz CT molecular complexity index is 640. The third-order valence-corrected chi connectivity index (χ3v) is 3.12. The van der Waals surface area contributed by atoms with Gasteiger partial charge in [-0.05, 0) is 31.3 Å². The van der Waals surface area contributed by atoms with E-state index in [1.54, 1.807) is 0 Å². The smallest absolute Gasteiger partial charge is 0.398 e. The zero-order valence-electron chi connectivity index (χ0n) is 11.1. The predicted octanol–water partition coefficient (Wildman–Crippen LogP) is 3.13. The topological polar surface area (TPSA) is 50.9 Å². The second-order valence-electron chi connectivity index (χ2n) is 4.46. The molecule has 1 aromatic heterocycles. The van der Waals surface area contributed by atoms with Crippen LogP contribution in [0.4, 0.5) is 23.2 Å². The molecule has 0 aliphatic carbocycles. The number of alkyl halides is 3. The molecule has 112 valence electrons. The summed E-state index contributed by atoms with van der Waals surface area (Å²) < 4.78 is 52.3. The minimum absolute atomic E-state index is 0.132. The van der Waals surface area contributed by atoms with Crippen LogP contribution in [0.25, 0.3) is 0 Å². The van der Waals surface area contributed by atoms with Crippen LogP contribution in [0.5, 0.6) is 0 Å². The average Bonchev–Trinajstić information content (AvgIpc) is 2.42. The molecule has 3 N–H and O–H groups in total. The fourth-order valence-corrected chi connectivity index (χ4v) is 2.08. The van der Waals surface area contributed by atoms with Crippen molar-refractivity contribution in [2.45, 2.75) is 12.2 Å². The maximum Gasteiger partial charge on any atom is 0.416 e. The minimum atomic E-state index is -4.54. The van der Waals surface area contributed by atoms with Crippen LogP contribution in [0.3, 0.4) is 0 Å². The summed E-state index contributed by atoms with van der Waals surface area (Å²) in [6.07, 6.45) is -1.69. The summed E-state index contributed by atoms with van der Waals surface area (Å²) in [6.45, 7) is 0. The highest BCUT2D eigenvalue weighted by Gasteiger charge is 2.32. The molecular formula is C14H13F4N3. The summed E-state index contributed by atoms with van der Waals surface area (Å²) in [4.78, 5) is 3.88. The predicted molar refractivity (Wildman–Crippen MR) is 71.0 cm³/mol. The third-order valence-electron chi connectivity index (χ3n) is 3.12. The maximum atomic E-state index is 13.9. The van der Waals surface area contributed by atoms with Gasteiger partial charge in [-0.1, -0.05) is 0 Å². The van der Waals surface area contributed by atoms with Crippen molar-refractivity contribution in [1.29, 1.82) is 0 Å². The largest absolute Gasteiger partial charge is 0.416 e. The van der Waals surface area contributed by atoms with E-state index in [0.717, 1.165) is 12.1 Å². The van der Waals surface area contributed by atoms with Crippen molar-refractivity contribution in [2.24, 2.45) is 0 Å². The van der Waals surface area contributed by atoms with Crippen molar-refractivity contribution in [1.82, 2.24) is 10.3 Å². The van der Waals surface area contributed by atoms with Gasteiger partial charge in [-0.15, -0.1) is 0 Å². The number of hydrogen-bond donors (Lipinski definition) is 2. The van der Waals surface area contributed by atoms with Crippen molar-refractivity contribution in [3.8, 4) is 0 Å². The summed E-state index contributed by atoms with van der Waals surface area (Å²) in [6, 6.07) is 2.97. The Morgan fingerprint density at radius 2 is 1.90 bits per heavy atom. The molecule has 0 radical (unpaired) electrons. The first-order chi connectivity index (χ1) is 9.84. The van der Waals surface area contributed by atoms with E-state index < -0.39 is 23.6 Å². The number of pyridine rings is 1. The van der Waals surface area contributed by atoms with Crippen molar-refractivity contribution < 1.29 is 17.6 Å². The van der Waals surface area contributed by atoms with Gasteiger partial charge in [0.2, 0.25) is 0 Å². The Balaban J connectivity index is 2.55. The summed E-state index contributed by atoms with van der Waals surface area (Å²) in [5.74, 6) is -0.745. The van der Waals surface area contributed by atoms with Crippen LogP contribution in [-0.4, -0.2) is 12.0 Å². The highest BCUT2D eigenvalue weighted by atomic mass is 19.4. The second kappa shape index (κ2) is 5.69. The molecule has 0 saturated heterocycles. The van der Waals surface area contributed by atoms with Crippen LogP contribution in [0.2, 0.25) is 0 Å². The molecule has 3 nitrogen and oxygen atoms in total. The van der Waals surface area contributed by atoms with Gasteiger partial charge in [0, 0.05) is 29.2 Å². The highest BCUT2D eigenvalue weighted by Crippen LogP contribution is 2.34. The molecule has 0 bridgehead atoms. The van der Waals surface area contributed by atoms with Crippen LogP contribution in [0, 0.1) is 5.82 Å². The van der Waals surface area contributed by atoms with Gasteiger partial charge in [-0.3, -0.25) is 4.98 Å². The number of aromatic nitrogens is 1. The molecule has 1 heterocycles. The van der Waals surface area contributed by atoms with Gasteiger partial charge < -0.3 is 11.1 Å². The van der Waals surface area contributed by atoms with Crippen LogP contribution >= 0.6 is 0 Å². The van der Waals surface area contributed by atoms with Crippen molar-refractivity contribution >= 4 is 5.69 Å². The molecule has 2 rings (SSSR count). The Kier molecular flexibility index (Phi) is 4.13. The fourth-order valence-electron chi connectivity index (χ4n) is 2.08. The fraction of sp³-hybridized carbons (Fsp3) is 0.214. The van der Waals surface area contributed by atoms with Crippen LogP contribution in [0.1, 0.15) is 22.7 Å². The number of rotatable bonds is 3. The monoisotopic (exact) mass is 299 g/mol. The lowest BCUT2D eigenvalue weighted by Gasteiger charge is -2.20. The third kappa shape index (κ3) is 3.13. The van der Waals surface area contributed by atoms with Gasteiger partial charge in [0.15, 0.2) is 0 Å². The normalized spacial score (nSPS) is 13.2. The number of anilines is 1. The van der Waals surface area contributed by atoms with Gasteiger partial charge in [-0.2, -0.15) is 13.2 Å². The Hall–Kier alpha value is -2.15. The minimum Gasteiger partial charge on any atom is -0.398 e. The van der Waals surface area contributed by atoms with E-state index >= 15 is 0 Å². The van der Waals surface area contributed by atoms with Crippen molar-refractivity contribution in [2.75, 3.05) is 12.8 Å². The van der Waals surface area contributed by atoms with Crippen LogP contribution in [0.15, 0.2) is 36.7 Å². The SMILES string of the molecule is CNC(c1cnccc1N)c1cc(C(F)(F)F)ccc1F. The van der Waals surface area contributed by atoms with Crippen molar-refractivity contribution in [3.63, 3.8) is 0 Å². The van der Waals surface area contributed by atoms with Crippen LogP contribution in [-0.2, 0) is 6.18 Å². The van der Waals surface area contributed by atoms with E-state index in [9.17, 15) is 17.6 Å². The lowest BCUT2D eigenvalue weighted by molar-refractivity contribution is -0.137. The molecule has 0 aliphatic rings. The first-order valence-electron chi connectivity index (χ1n) is 6.08. The Labute approximate surface area is 118 Å². The molecule has 0 saturated carbocycles. The number of nitrogen functional groups attached to an aromatic ring is 1. The average molecular weight is 299 g/mol. The number of benzene rings is 1. The quantitative estimate of drug-likeness (QED) is 0.856. The molecule has 7 heteroatoms. The first kappa shape index (κ1) is 15.2. The molecular weight excluding hydrogens is 286 g/mol.